The van der Waals surface area contributed by atoms with Gasteiger partial charge in [-0.3, -0.25) is 4.79 Å². The summed E-state index contributed by atoms with van der Waals surface area (Å²) in [6.45, 7) is 6.25. The summed E-state index contributed by atoms with van der Waals surface area (Å²) < 4.78 is 5.88. The molecule has 1 unspecified atom stereocenters. The van der Waals surface area contributed by atoms with E-state index in [0.717, 1.165) is 26.0 Å². The Morgan fingerprint density at radius 2 is 2.22 bits per heavy atom. The topological polar surface area (TPSA) is 50.4 Å². The van der Waals surface area contributed by atoms with Gasteiger partial charge < -0.3 is 15.4 Å². The van der Waals surface area contributed by atoms with Crippen LogP contribution < -0.4 is 10.6 Å². The van der Waals surface area contributed by atoms with Gasteiger partial charge in [0.05, 0.1) is 12.1 Å². The monoisotopic (exact) mass is 254 g/mol. The molecular weight excluding hydrogens is 228 g/mol. The smallest absolute Gasteiger partial charge is 0.233 e. The van der Waals surface area contributed by atoms with E-state index >= 15 is 0 Å². The molecule has 4 heteroatoms. The third-order valence-corrected chi connectivity index (χ3v) is 4.02. The molecule has 2 aliphatic rings. The van der Waals surface area contributed by atoms with E-state index in [-0.39, 0.29) is 11.5 Å². The van der Waals surface area contributed by atoms with E-state index in [9.17, 15) is 4.79 Å². The summed E-state index contributed by atoms with van der Waals surface area (Å²) in [6, 6.07) is 0.448. The van der Waals surface area contributed by atoms with Gasteiger partial charge in [0.25, 0.3) is 0 Å². The van der Waals surface area contributed by atoms with Crippen molar-refractivity contribution in [1.29, 1.82) is 0 Å². The van der Waals surface area contributed by atoms with Crippen molar-refractivity contribution in [2.45, 2.75) is 57.6 Å². The number of amides is 1. The van der Waals surface area contributed by atoms with Gasteiger partial charge in [-0.15, -0.1) is 0 Å². The van der Waals surface area contributed by atoms with Crippen LogP contribution in [-0.4, -0.2) is 37.2 Å². The molecule has 1 saturated heterocycles. The van der Waals surface area contributed by atoms with E-state index in [0.29, 0.717) is 18.5 Å². The van der Waals surface area contributed by atoms with Crippen molar-refractivity contribution in [3.63, 3.8) is 0 Å². The van der Waals surface area contributed by atoms with E-state index in [1.165, 1.54) is 19.3 Å². The molecule has 1 saturated carbocycles. The van der Waals surface area contributed by atoms with Gasteiger partial charge in [-0.1, -0.05) is 13.8 Å². The number of rotatable bonds is 5. The average molecular weight is 254 g/mol. The predicted molar refractivity (Wildman–Crippen MR) is 71.4 cm³/mol. The highest BCUT2D eigenvalue weighted by Crippen LogP contribution is 2.42. The van der Waals surface area contributed by atoms with Gasteiger partial charge in [-0.2, -0.15) is 0 Å². The van der Waals surface area contributed by atoms with Crippen molar-refractivity contribution < 1.29 is 9.53 Å². The lowest BCUT2D eigenvalue weighted by Crippen LogP contribution is -2.52. The van der Waals surface area contributed by atoms with Crippen LogP contribution >= 0.6 is 0 Å². The summed E-state index contributed by atoms with van der Waals surface area (Å²) >= 11 is 0. The van der Waals surface area contributed by atoms with Gasteiger partial charge in [0, 0.05) is 19.2 Å². The Morgan fingerprint density at radius 1 is 1.44 bits per heavy atom. The van der Waals surface area contributed by atoms with Crippen LogP contribution in [0.3, 0.4) is 0 Å². The number of hydrogen-bond donors (Lipinski definition) is 2. The maximum atomic E-state index is 11.6. The van der Waals surface area contributed by atoms with E-state index in [1.807, 2.05) is 0 Å². The van der Waals surface area contributed by atoms with Crippen LogP contribution in [0.4, 0.5) is 0 Å². The van der Waals surface area contributed by atoms with Crippen LogP contribution in [0.2, 0.25) is 0 Å². The van der Waals surface area contributed by atoms with Gasteiger partial charge in [0.1, 0.15) is 0 Å². The largest absolute Gasteiger partial charge is 0.375 e. The van der Waals surface area contributed by atoms with Gasteiger partial charge >= 0.3 is 0 Å². The average Bonchev–Trinajstić information content (AvgIpc) is 2.32. The Hall–Kier alpha value is -0.610. The van der Waals surface area contributed by atoms with Crippen molar-refractivity contribution in [2.24, 2.45) is 5.92 Å². The molecule has 1 spiro atoms. The molecule has 4 nitrogen and oxygen atoms in total. The highest BCUT2D eigenvalue weighted by Gasteiger charge is 2.42. The third-order valence-electron chi connectivity index (χ3n) is 4.02. The molecule has 1 amide bonds. The summed E-state index contributed by atoms with van der Waals surface area (Å²) in [5, 5.41) is 6.31. The summed E-state index contributed by atoms with van der Waals surface area (Å²) in [6.07, 6.45) is 5.79. The Morgan fingerprint density at radius 3 is 2.83 bits per heavy atom. The van der Waals surface area contributed by atoms with Crippen molar-refractivity contribution in [2.75, 3.05) is 19.7 Å². The maximum absolute atomic E-state index is 11.6. The lowest BCUT2D eigenvalue weighted by Gasteiger charge is -2.47. The molecular formula is C14H26N2O2. The summed E-state index contributed by atoms with van der Waals surface area (Å²) in [5.41, 5.74) is 0.157. The predicted octanol–water partition coefficient (Wildman–Crippen LogP) is 1.45. The van der Waals surface area contributed by atoms with Crippen LogP contribution in [0.25, 0.3) is 0 Å². The molecule has 2 fully saturated rings. The molecule has 0 aromatic rings. The molecule has 0 bridgehead atoms. The molecule has 104 valence electrons. The highest BCUT2D eigenvalue weighted by atomic mass is 16.5. The zero-order valence-electron chi connectivity index (χ0n) is 11.6. The minimum absolute atomic E-state index is 0.109. The first kappa shape index (κ1) is 13.8. The molecule has 0 aromatic heterocycles. The molecule has 18 heavy (non-hydrogen) atoms. The first-order valence-corrected chi connectivity index (χ1v) is 7.24. The lowest BCUT2D eigenvalue weighted by atomic mass is 9.74. The Labute approximate surface area is 110 Å². The lowest BCUT2D eigenvalue weighted by molar-refractivity contribution is -0.137. The van der Waals surface area contributed by atoms with E-state index in [1.54, 1.807) is 0 Å². The standard InChI is InChI=1S/C14H26N2O2/c1-11(2)9-16-13(17)10-15-12-4-7-18-14(8-12)5-3-6-14/h11-12,15H,3-10H2,1-2H3,(H,16,17). The van der Waals surface area contributed by atoms with Gasteiger partial charge in [-0.05, 0) is 38.0 Å². The van der Waals surface area contributed by atoms with Crippen molar-refractivity contribution in [1.82, 2.24) is 10.6 Å². The Kier molecular flexibility index (Phi) is 4.62. The number of ether oxygens (including phenoxy) is 1. The number of nitrogens with one attached hydrogen (secondary N) is 2. The van der Waals surface area contributed by atoms with E-state index in [2.05, 4.69) is 24.5 Å². The minimum Gasteiger partial charge on any atom is -0.375 e. The summed E-state index contributed by atoms with van der Waals surface area (Å²) in [4.78, 5) is 11.6. The second-order valence-corrected chi connectivity index (χ2v) is 6.15. The second kappa shape index (κ2) is 6.02. The van der Waals surface area contributed by atoms with Crippen LogP contribution in [0.5, 0.6) is 0 Å². The molecule has 1 aliphatic carbocycles. The highest BCUT2D eigenvalue weighted by molar-refractivity contribution is 5.77. The number of carbonyl (C=O) groups is 1. The first-order valence-electron chi connectivity index (χ1n) is 7.24. The molecule has 1 heterocycles. The van der Waals surface area contributed by atoms with E-state index in [4.69, 9.17) is 4.74 Å². The normalized spacial score (nSPS) is 26.1. The SMILES string of the molecule is CC(C)CNC(=O)CNC1CCOC2(CCC2)C1. The second-order valence-electron chi connectivity index (χ2n) is 6.15. The molecule has 1 aliphatic heterocycles. The minimum atomic E-state index is 0.109. The molecule has 0 radical (unpaired) electrons. The van der Waals surface area contributed by atoms with Crippen LogP contribution in [0, 0.1) is 5.92 Å². The zero-order chi connectivity index (χ0) is 13.0. The number of hydrogen-bond acceptors (Lipinski definition) is 3. The number of carbonyl (C=O) groups excluding carboxylic acids is 1. The summed E-state index contributed by atoms with van der Waals surface area (Å²) in [7, 11) is 0. The third kappa shape index (κ3) is 3.69. The quantitative estimate of drug-likeness (QED) is 0.781. The Balaban J connectivity index is 1.65. The van der Waals surface area contributed by atoms with Crippen LogP contribution in [0.1, 0.15) is 46.0 Å². The van der Waals surface area contributed by atoms with Gasteiger partial charge in [0.2, 0.25) is 5.91 Å². The van der Waals surface area contributed by atoms with Crippen LogP contribution in [-0.2, 0) is 9.53 Å². The van der Waals surface area contributed by atoms with Crippen LogP contribution in [0.15, 0.2) is 0 Å². The van der Waals surface area contributed by atoms with Gasteiger partial charge in [-0.25, -0.2) is 0 Å². The molecule has 1 atom stereocenters. The van der Waals surface area contributed by atoms with Gasteiger partial charge in [0.15, 0.2) is 0 Å². The fraction of sp³-hybridized carbons (Fsp3) is 0.929. The summed E-state index contributed by atoms with van der Waals surface area (Å²) in [5.74, 6) is 0.619. The van der Waals surface area contributed by atoms with Crippen molar-refractivity contribution >= 4 is 5.91 Å². The van der Waals surface area contributed by atoms with Crippen molar-refractivity contribution in [3.8, 4) is 0 Å². The molecule has 2 N–H and O–H groups in total. The first-order chi connectivity index (χ1) is 8.60. The molecule has 0 aromatic carbocycles. The molecule has 2 rings (SSSR count). The Bertz CT molecular complexity index is 288. The zero-order valence-corrected chi connectivity index (χ0v) is 11.6. The fourth-order valence-electron chi connectivity index (χ4n) is 2.74. The van der Waals surface area contributed by atoms with E-state index < -0.39 is 0 Å². The fourth-order valence-corrected chi connectivity index (χ4v) is 2.74. The van der Waals surface area contributed by atoms with Crippen molar-refractivity contribution in [3.05, 3.63) is 0 Å². The maximum Gasteiger partial charge on any atom is 0.233 e.